The average Bonchev–Trinajstić information content (AvgIpc) is 3.54. The molecule has 32 heavy (non-hydrogen) atoms. The molecule has 0 atom stereocenters. The van der Waals surface area contributed by atoms with Crippen molar-refractivity contribution in [3.05, 3.63) is 59.2 Å². The van der Waals surface area contributed by atoms with Gasteiger partial charge in [-0.3, -0.25) is 4.79 Å². The highest BCUT2D eigenvalue weighted by atomic mass is 19.1. The molecule has 0 spiro atoms. The first-order valence-electron chi connectivity index (χ1n) is 10.6. The fraction of sp³-hybridized carbons (Fsp3) is 0.375. The maximum atomic E-state index is 13.8. The zero-order valence-corrected chi connectivity index (χ0v) is 18.4. The van der Waals surface area contributed by atoms with Crippen molar-refractivity contribution in [1.29, 1.82) is 0 Å². The minimum atomic E-state index is -0.322. The zero-order valence-electron chi connectivity index (χ0n) is 18.4. The Balaban J connectivity index is 1.42. The van der Waals surface area contributed by atoms with Crippen molar-refractivity contribution in [3.63, 3.8) is 0 Å². The van der Waals surface area contributed by atoms with Crippen LogP contribution in [0.25, 0.3) is 11.4 Å². The first-order valence-corrected chi connectivity index (χ1v) is 10.6. The Morgan fingerprint density at radius 3 is 2.69 bits per heavy atom. The summed E-state index contributed by atoms with van der Waals surface area (Å²) < 4.78 is 29.9. The van der Waals surface area contributed by atoms with E-state index >= 15 is 0 Å². The van der Waals surface area contributed by atoms with Gasteiger partial charge in [-0.05, 0) is 49.6 Å². The lowest BCUT2D eigenvalue weighted by atomic mass is 10.1. The highest BCUT2D eigenvalue weighted by molar-refractivity contribution is 5.77. The maximum Gasteiger partial charge on any atom is 0.227 e. The number of carbonyl (C=O) groups excluding carboxylic acids is 1. The van der Waals surface area contributed by atoms with E-state index in [2.05, 4.69) is 10.1 Å². The number of hydrogen-bond donors (Lipinski definition) is 0. The van der Waals surface area contributed by atoms with Gasteiger partial charge in [0.05, 0.1) is 14.2 Å². The predicted octanol–water partition coefficient (Wildman–Crippen LogP) is 4.33. The number of ether oxygens (including phenoxy) is 2. The number of aromatic nitrogens is 2. The van der Waals surface area contributed by atoms with Crippen LogP contribution >= 0.6 is 0 Å². The van der Waals surface area contributed by atoms with Crippen molar-refractivity contribution in [3.8, 4) is 22.9 Å². The first-order chi connectivity index (χ1) is 15.5. The smallest absolute Gasteiger partial charge is 0.227 e. The number of carbonyl (C=O) groups is 1. The van der Waals surface area contributed by atoms with Crippen molar-refractivity contribution in [2.24, 2.45) is 0 Å². The first kappa shape index (κ1) is 21.8. The molecule has 0 bridgehead atoms. The van der Waals surface area contributed by atoms with Crippen LogP contribution in [-0.2, 0) is 17.8 Å². The molecule has 0 unspecified atom stereocenters. The van der Waals surface area contributed by atoms with E-state index in [1.165, 1.54) is 6.07 Å². The molecule has 1 heterocycles. The third kappa shape index (κ3) is 4.90. The molecule has 1 aromatic heterocycles. The summed E-state index contributed by atoms with van der Waals surface area (Å²) in [6, 6.07) is 10.6. The maximum absolute atomic E-state index is 13.8. The van der Waals surface area contributed by atoms with Gasteiger partial charge in [0.2, 0.25) is 17.6 Å². The van der Waals surface area contributed by atoms with Crippen molar-refractivity contribution in [1.82, 2.24) is 15.0 Å². The van der Waals surface area contributed by atoms with Crippen LogP contribution in [0.1, 0.15) is 36.3 Å². The molecule has 3 aromatic rings. The molecular formula is C24H26FN3O4. The van der Waals surface area contributed by atoms with Gasteiger partial charge >= 0.3 is 0 Å². The number of nitrogens with zero attached hydrogens (tertiary/aromatic N) is 3. The molecule has 0 radical (unpaired) electrons. The number of benzene rings is 2. The summed E-state index contributed by atoms with van der Waals surface area (Å²) in [5.41, 5.74) is 1.99. The summed E-state index contributed by atoms with van der Waals surface area (Å²) in [6.07, 6.45) is 2.54. The summed E-state index contributed by atoms with van der Waals surface area (Å²) >= 11 is 0. The molecule has 1 fully saturated rings. The fourth-order valence-electron chi connectivity index (χ4n) is 3.56. The van der Waals surface area contributed by atoms with Gasteiger partial charge in [0.25, 0.3) is 0 Å². The lowest BCUT2D eigenvalue weighted by Crippen LogP contribution is -2.33. The minimum Gasteiger partial charge on any atom is -0.497 e. The summed E-state index contributed by atoms with van der Waals surface area (Å²) in [5.74, 6) is 1.79. The van der Waals surface area contributed by atoms with Crippen molar-refractivity contribution in [2.75, 3.05) is 14.2 Å². The Hall–Kier alpha value is -3.42. The van der Waals surface area contributed by atoms with E-state index in [-0.39, 0.29) is 24.2 Å². The molecular weight excluding hydrogens is 413 g/mol. The highest BCUT2D eigenvalue weighted by Crippen LogP contribution is 2.32. The van der Waals surface area contributed by atoms with Crippen LogP contribution in [0.4, 0.5) is 4.39 Å². The van der Waals surface area contributed by atoms with E-state index in [9.17, 15) is 9.18 Å². The largest absolute Gasteiger partial charge is 0.497 e. The molecule has 2 aromatic carbocycles. The Morgan fingerprint density at radius 2 is 2.00 bits per heavy atom. The Labute approximate surface area is 186 Å². The number of aryl methyl sites for hydroxylation is 2. The molecule has 1 amide bonds. The summed E-state index contributed by atoms with van der Waals surface area (Å²) in [6.45, 7) is 2.14. The van der Waals surface area contributed by atoms with E-state index in [1.54, 1.807) is 33.3 Å². The van der Waals surface area contributed by atoms with Gasteiger partial charge in [0.15, 0.2) is 0 Å². The quantitative estimate of drug-likeness (QED) is 0.494. The second-order valence-electron chi connectivity index (χ2n) is 7.91. The van der Waals surface area contributed by atoms with E-state index < -0.39 is 0 Å². The SMILES string of the molecule is COc1ccc(OC)c(CN(C(=O)CCc2nc(-c3ccc(C)c(F)c3)no2)C2CC2)c1. The summed E-state index contributed by atoms with van der Waals surface area (Å²) in [4.78, 5) is 19.2. The van der Waals surface area contributed by atoms with E-state index in [1.807, 2.05) is 23.1 Å². The Morgan fingerprint density at radius 1 is 1.19 bits per heavy atom. The molecule has 1 saturated carbocycles. The second kappa shape index (κ2) is 9.38. The van der Waals surface area contributed by atoms with Crippen LogP contribution in [0.5, 0.6) is 11.5 Å². The number of methoxy groups -OCH3 is 2. The molecule has 1 aliphatic rings. The fourth-order valence-corrected chi connectivity index (χ4v) is 3.56. The summed E-state index contributed by atoms with van der Waals surface area (Å²) in [5, 5.41) is 3.93. The van der Waals surface area contributed by atoms with Crippen LogP contribution < -0.4 is 9.47 Å². The normalized spacial score (nSPS) is 13.1. The van der Waals surface area contributed by atoms with E-state index in [4.69, 9.17) is 14.0 Å². The van der Waals surface area contributed by atoms with Crippen LogP contribution in [0.15, 0.2) is 40.9 Å². The molecule has 0 aliphatic heterocycles. The Kier molecular flexibility index (Phi) is 6.39. The molecule has 0 N–H and O–H groups in total. The van der Waals surface area contributed by atoms with Crippen molar-refractivity contribution < 1.29 is 23.2 Å². The van der Waals surface area contributed by atoms with Gasteiger partial charge < -0.3 is 18.9 Å². The topological polar surface area (TPSA) is 77.7 Å². The number of halogens is 1. The van der Waals surface area contributed by atoms with Gasteiger partial charge in [-0.1, -0.05) is 17.3 Å². The lowest BCUT2D eigenvalue weighted by molar-refractivity contribution is -0.132. The van der Waals surface area contributed by atoms with Gasteiger partial charge in [0.1, 0.15) is 17.3 Å². The van der Waals surface area contributed by atoms with Crippen molar-refractivity contribution >= 4 is 5.91 Å². The molecule has 7 nitrogen and oxygen atoms in total. The average molecular weight is 439 g/mol. The number of hydrogen-bond acceptors (Lipinski definition) is 6. The predicted molar refractivity (Wildman–Crippen MR) is 116 cm³/mol. The number of rotatable bonds is 9. The van der Waals surface area contributed by atoms with Crippen LogP contribution in [0, 0.1) is 12.7 Å². The number of amides is 1. The molecule has 4 rings (SSSR count). The van der Waals surface area contributed by atoms with E-state index in [0.29, 0.717) is 35.8 Å². The minimum absolute atomic E-state index is 0.0125. The summed E-state index contributed by atoms with van der Waals surface area (Å²) in [7, 11) is 3.22. The molecule has 168 valence electrons. The van der Waals surface area contributed by atoms with Gasteiger partial charge in [0, 0.05) is 36.6 Å². The highest BCUT2D eigenvalue weighted by Gasteiger charge is 2.33. The van der Waals surface area contributed by atoms with Gasteiger partial charge in [-0.15, -0.1) is 0 Å². The Bertz CT molecular complexity index is 1110. The van der Waals surface area contributed by atoms with Crippen LogP contribution in [0.2, 0.25) is 0 Å². The van der Waals surface area contributed by atoms with Crippen LogP contribution in [0.3, 0.4) is 0 Å². The zero-order chi connectivity index (χ0) is 22.7. The molecule has 8 heteroatoms. The third-order valence-corrected chi connectivity index (χ3v) is 5.59. The second-order valence-corrected chi connectivity index (χ2v) is 7.91. The monoisotopic (exact) mass is 439 g/mol. The van der Waals surface area contributed by atoms with Gasteiger partial charge in [-0.2, -0.15) is 4.98 Å². The third-order valence-electron chi connectivity index (χ3n) is 5.59. The van der Waals surface area contributed by atoms with Gasteiger partial charge in [-0.25, -0.2) is 4.39 Å². The molecule has 0 saturated heterocycles. The van der Waals surface area contributed by atoms with Crippen LogP contribution in [-0.4, -0.2) is 41.2 Å². The van der Waals surface area contributed by atoms with E-state index in [0.717, 1.165) is 29.9 Å². The van der Waals surface area contributed by atoms with Crippen molar-refractivity contribution in [2.45, 2.75) is 45.2 Å². The lowest BCUT2D eigenvalue weighted by Gasteiger charge is -2.23. The molecule has 1 aliphatic carbocycles. The standard InChI is InChI=1S/C24H26FN3O4/c1-15-4-5-16(13-20(15)25)24-26-22(32-27-24)10-11-23(29)28(18-6-7-18)14-17-12-19(30-2)8-9-21(17)31-3/h4-5,8-9,12-13,18H,6-7,10-11,14H2,1-3H3.